The van der Waals surface area contributed by atoms with Crippen LogP contribution in [0.3, 0.4) is 0 Å². The molecule has 3 fully saturated rings. The van der Waals surface area contributed by atoms with Crippen molar-refractivity contribution in [2.24, 2.45) is 17.8 Å². The van der Waals surface area contributed by atoms with E-state index in [1.54, 1.807) is 11.0 Å². The maximum absolute atomic E-state index is 12.9. The van der Waals surface area contributed by atoms with Crippen molar-refractivity contribution in [1.82, 2.24) is 10.2 Å². The van der Waals surface area contributed by atoms with Crippen LogP contribution in [0.1, 0.15) is 12.8 Å². The molecular weight excluding hydrogens is 326 g/mol. The number of amides is 2. The fraction of sp³-hybridized carbons (Fsp3) is 0.556. The zero-order chi connectivity index (χ0) is 16.7. The predicted octanol–water partition coefficient (Wildman–Crippen LogP) is 1.76. The number of para-hydroxylation sites is 1. The molecule has 0 unspecified atom stereocenters. The third-order valence-electron chi connectivity index (χ3n) is 5.63. The number of carbonyl (C=O) groups excluding carboxylic acids is 2. The lowest BCUT2D eigenvalue weighted by Gasteiger charge is -2.35. The topological polar surface area (TPSA) is 52.7 Å². The number of carbonyl (C=O) groups is 2. The summed E-state index contributed by atoms with van der Waals surface area (Å²) in [5.41, 5.74) is 0.707. The van der Waals surface area contributed by atoms with Gasteiger partial charge < -0.3 is 15.1 Å². The lowest BCUT2D eigenvalue weighted by atomic mass is 9.88. The van der Waals surface area contributed by atoms with Gasteiger partial charge in [-0.15, -0.1) is 0 Å². The smallest absolute Gasteiger partial charge is 0.228 e. The van der Waals surface area contributed by atoms with E-state index < -0.39 is 0 Å². The van der Waals surface area contributed by atoms with E-state index in [9.17, 15) is 9.59 Å². The molecule has 128 valence electrons. The van der Waals surface area contributed by atoms with Crippen LogP contribution in [0.2, 0.25) is 5.02 Å². The Balaban J connectivity index is 1.45. The molecule has 0 saturated carbocycles. The first-order valence-corrected chi connectivity index (χ1v) is 9.05. The molecule has 3 aliphatic heterocycles. The Morgan fingerprint density at radius 2 is 1.96 bits per heavy atom. The molecule has 3 aliphatic rings. The highest BCUT2D eigenvalue weighted by Gasteiger charge is 2.41. The fourth-order valence-electron chi connectivity index (χ4n) is 4.27. The summed E-state index contributed by atoms with van der Waals surface area (Å²) in [6, 6.07) is 7.32. The number of hydrogen-bond donors (Lipinski definition) is 1. The summed E-state index contributed by atoms with van der Waals surface area (Å²) in [6.45, 7) is 4.16. The van der Waals surface area contributed by atoms with Gasteiger partial charge in [-0.05, 0) is 43.5 Å². The highest BCUT2D eigenvalue weighted by Crippen LogP contribution is 2.33. The van der Waals surface area contributed by atoms with Crippen LogP contribution in [0.25, 0.3) is 0 Å². The van der Waals surface area contributed by atoms with Gasteiger partial charge in [-0.25, -0.2) is 0 Å². The van der Waals surface area contributed by atoms with E-state index in [1.807, 2.05) is 23.1 Å². The van der Waals surface area contributed by atoms with Gasteiger partial charge >= 0.3 is 0 Å². The maximum Gasteiger partial charge on any atom is 0.228 e. The highest BCUT2D eigenvalue weighted by atomic mass is 35.5. The van der Waals surface area contributed by atoms with Crippen molar-refractivity contribution in [3.8, 4) is 0 Å². The zero-order valence-electron chi connectivity index (χ0n) is 13.6. The number of benzene rings is 1. The molecule has 1 aromatic carbocycles. The van der Waals surface area contributed by atoms with Gasteiger partial charge in [0, 0.05) is 26.1 Å². The van der Waals surface area contributed by atoms with E-state index in [1.165, 1.54) is 0 Å². The summed E-state index contributed by atoms with van der Waals surface area (Å²) in [5, 5.41) is 3.97. The van der Waals surface area contributed by atoms with Crippen molar-refractivity contribution in [2.45, 2.75) is 12.8 Å². The van der Waals surface area contributed by atoms with Gasteiger partial charge in [0.15, 0.2) is 0 Å². The van der Waals surface area contributed by atoms with Crippen molar-refractivity contribution in [2.75, 3.05) is 37.6 Å². The Hall–Kier alpha value is -1.59. The zero-order valence-corrected chi connectivity index (χ0v) is 14.3. The first-order chi connectivity index (χ1) is 11.6. The molecule has 5 nitrogen and oxygen atoms in total. The second-order valence-corrected chi connectivity index (χ2v) is 7.52. The SMILES string of the molecule is O=C([C@@H]1CC(=O)N(c2ccccc2Cl)C1)N1CC[C@@H]2CNC[C@@H]2C1. The number of piperidine rings is 1. The van der Waals surface area contributed by atoms with Crippen LogP contribution >= 0.6 is 11.6 Å². The number of hydrogen-bond acceptors (Lipinski definition) is 3. The van der Waals surface area contributed by atoms with Crippen molar-refractivity contribution < 1.29 is 9.59 Å². The first-order valence-electron chi connectivity index (χ1n) is 8.68. The van der Waals surface area contributed by atoms with Gasteiger partial charge in [0.1, 0.15) is 0 Å². The van der Waals surface area contributed by atoms with Gasteiger partial charge in [-0.2, -0.15) is 0 Å². The average molecular weight is 348 g/mol. The van der Waals surface area contributed by atoms with E-state index in [0.717, 1.165) is 32.6 Å². The van der Waals surface area contributed by atoms with E-state index in [0.29, 0.717) is 29.1 Å². The molecule has 3 atom stereocenters. The summed E-state index contributed by atoms with van der Waals surface area (Å²) in [7, 11) is 0. The van der Waals surface area contributed by atoms with Gasteiger partial charge in [0.2, 0.25) is 11.8 Å². The molecule has 3 saturated heterocycles. The second kappa shape index (κ2) is 6.37. The number of likely N-dealkylation sites (tertiary alicyclic amines) is 1. The minimum atomic E-state index is -0.250. The van der Waals surface area contributed by atoms with Gasteiger partial charge in [0.05, 0.1) is 16.6 Å². The molecule has 0 bridgehead atoms. The van der Waals surface area contributed by atoms with Crippen molar-refractivity contribution >= 4 is 29.1 Å². The van der Waals surface area contributed by atoms with Crippen molar-refractivity contribution in [3.05, 3.63) is 29.3 Å². The second-order valence-electron chi connectivity index (χ2n) is 7.11. The Kier molecular flexibility index (Phi) is 4.22. The third kappa shape index (κ3) is 2.80. The minimum absolute atomic E-state index is 0.0149. The largest absolute Gasteiger partial charge is 0.342 e. The monoisotopic (exact) mass is 347 g/mol. The molecule has 0 aromatic heterocycles. The quantitative estimate of drug-likeness (QED) is 0.887. The van der Waals surface area contributed by atoms with Crippen LogP contribution < -0.4 is 10.2 Å². The summed E-state index contributed by atoms with van der Waals surface area (Å²) in [6.07, 6.45) is 1.35. The number of rotatable bonds is 2. The molecule has 2 amide bonds. The van der Waals surface area contributed by atoms with Crippen molar-refractivity contribution in [1.29, 1.82) is 0 Å². The molecule has 0 spiro atoms. The normalized spacial score (nSPS) is 29.9. The lowest BCUT2D eigenvalue weighted by Crippen LogP contribution is -2.46. The van der Waals surface area contributed by atoms with E-state index in [4.69, 9.17) is 11.6 Å². The number of halogens is 1. The number of nitrogens with one attached hydrogen (secondary N) is 1. The van der Waals surface area contributed by atoms with Crippen LogP contribution in [0.5, 0.6) is 0 Å². The molecule has 3 heterocycles. The summed E-state index contributed by atoms with van der Waals surface area (Å²) in [5.74, 6) is 1.14. The number of fused-ring (bicyclic) bond motifs is 1. The molecule has 4 rings (SSSR count). The molecule has 0 aliphatic carbocycles. The molecular formula is C18H22ClN3O2. The maximum atomic E-state index is 12.9. The Bertz CT molecular complexity index is 665. The van der Waals surface area contributed by atoms with E-state index in [-0.39, 0.29) is 24.2 Å². The van der Waals surface area contributed by atoms with Gasteiger partial charge in [-0.3, -0.25) is 9.59 Å². The Morgan fingerprint density at radius 3 is 2.79 bits per heavy atom. The predicted molar refractivity (Wildman–Crippen MR) is 93.0 cm³/mol. The standard InChI is InChI=1S/C18H22ClN3O2/c19-15-3-1-2-4-16(15)22-11-13(7-17(22)23)18(24)21-6-5-12-8-20-9-14(12)10-21/h1-4,12-14,20H,5-11H2/t12-,13-,14-/m1/s1. The summed E-state index contributed by atoms with van der Waals surface area (Å²) < 4.78 is 0. The Morgan fingerprint density at radius 1 is 1.17 bits per heavy atom. The fourth-order valence-corrected chi connectivity index (χ4v) is 4.51. The molecule has 1 aromatic rings. The van der Waals surface area contributed by atoms with Gasteiger partial charge in [0.25, 0.3) is 0 Å². The lowest BCUT2D eigenvalue weighted by molar-refractivity contribution is -0.138. The minimum Gasteiger partial charge on any atom is -0.342 e. The van der Waals surface area contributed by atoms with E-state index in [2.05, 4.69) is 5.32 Å². The molecule has 24 heavy (non-hydrogen) atoms. The highest BCUT2D eigenvalue weighted by molar-refractivity contribution is 6.33. The van der Waals surface area contributed by atoms with Crippen LogP contribution in [0.4, 0.5) is 5.69 Å². The number of anilines is 1. The van der Waals surface area contributed by atoms with Crippen LogP contribution in [0, 0.1) is 17.8 Å². The summed E-state index contributed by atoms with van der Waals surface area (Å²) in [4.78, 5) is 28.9. The summed E-state index contributed by atoms with van der Waals surface area (Å²) >= 11 is 6.21. The van der Waals surface area contributed by atoms with Crippen LogP contribution in [0.15, 0.2) is 24.3 Å². The van der Waals surface area contributed by atoms with Crippen LogP contribution in [-0.2, 0) is 9.59 Å². The van der Waals surface area contributed by atoms with Crippen molar-refractivity contribution in [3.63, 3.8) is 0 Å². The molecule has 0 radical (unpaired) electrons. The van der Waals surface area contributed by atoms with Gasteiger partial charge in [-0.1, -0.05) is 23.7 Å². The third-order valence-corrected chi connectivity index (χ3v) is 5.95. The van der Waals surface area contributed by atoms with E-state index >= 15 is 0 Å². The molecule has 6 heteroatoms. The number of nitrogens with zero attached hydrogens (tertiary/aromatic N) is 2. The average Bonchev–Trinajstić information content (AvgIpc) is 3.20. The Labute approximate surface area is 146 Å². The first kappa shape index (κ1) is 15.9. The van der Waals surface area contributed by atoms with Crippen LogP contribution in [-0.4, -0.2) is 49.4 Å². The molecule has 1 N–H and O–H groups in total.